The van der Waals surface area contributed by atoms with E-state index in [9.17, 15) is 9.59 Å². The molecule has 0 radical (unpaired) electrons. The zero-order valence-electron chi connectivity index (χ0n) is 16.1. The molecule has 0 spiro atoms. The summed E-state index contributed by atoms with van der Waals surface area (Å²) in [6.45, 7) is 4.43. The Morgan fingerprint density at radius 1 is 1.00 bits per heavy atom. The molecular weight excluding hydrogens is 420 g/mol. The smallest absolute Gasteiger partial charge is 0.260 e. The van der Waals surface area contributed by atoms with Crippen molar-refractivity contribution in [2.45, 2.75) is 19.8 Å². The summed E-state index contributed by atoms with van der Waals surface area (Å²) < 4.78 is 6.65. The fourth-order valence-electron chi connectivity index (χ4n) is 3.34. The highest BCUT2D eigenvalue weighted by Gasteiger charge is 2.23. The van der Waals surface area contributed by atoms with Gasteiger partial charge < -0.3 is 14.5 Å². The van der Waals surface area contributed by atoms with Gasteiger partial charge in [0.2, 0.25) is 0 Å². The minimum absolute atomic E-state index is 0.00345. The van der Waals surface area contributed by atoms with Crippen LogP contribution in [0.2, 0.25) is 0 Å². The van der Waals surface area contributed by atoms with Crippen molar-refractivity contribution in [1.29, 1.82) is 0 Å². The quantitative estimate of drug-likeness (QED) is 0.704. The van der Waals surface area contributed by atoms with E-state index in [0.29, 0.717) is 31.7 Å². The van der Waals surface area contributed by atoms with Crippen LogP contribution in [0.1, 0.15) is 29.3 Å². The van der Waals surface area contributed by atoms with Crippen LogP contribution in [0.5, 0.6) is 5.75 Å². The van der Waals surface area contributed by atoms with Crippen LogP contribution in [0.4, 0.5) is 0 Å². The fraction of sp³-hybridized carbons (Fsp3) is 0.364. The molecule has 0 atom stereocenters. The molecule has 1 heterocycles. The maximum atomic E-state index is 12.7. The van der Waals surface area contributed by atoms with Gasteiger partial charge in [-0.25, -0.2) is 0 Å². The summed E-state index contributed by atoms with van der Waals surface area (Å²) in [6.07, 6.45) is 1.62. The van der Waals surface area contributed by atoms with Crippen molar-refractivity contribution < 1.29 is 14.3 Å². The number of halogens is 1. The predicted molar refractivity (Wildman–Crippen MR) is 113 cm³/mol. The van der Waals surface area contributed by atoms with Gasteiger partial charge in [0.15, 0.2) is 6.61 Å². The van der Waals surface area contributed by atoms with Crippen LogP contribution >= 0.6 is 15.9 Å². The largest absolute Gasteiger partial charge is 0.483 e. The van der Waals surface area contributed by atoms with E-state index in [2.05, 4.69) is 22.9 Å². The van der Waals surface area contributed by atoms with Crippen LogP contribution in [0.25, 0.3) is 0 Å². The molecule has 0 unspecified atom stereocenters. The second kappa shape index (κ2) is 9.73. The zero-order chi connectivity index (χ0) is 19.9. The number of aryl methyl sites for hydroxylation is 1. The molecule has 0 aliphatic carbocycles. The lowest BCUT2D eigenvalue weighted by Crippen LogP contribution is -2.39. The lowest BCUT2D eigenvalue weighted by atomic mass is 10.1. The Morgan fingerprint density at radius 3 is 2.54 bits per heavy atom. The van der Waals surface area contributed by atoms with Gasteiger partial charge in [-0.1, -0.05) is 47.1 Å². The maximum Gasteiger partial charge on any atom is 0.260 e. The van der Waals surface area contributed by atoms with Gasteiger partial charge in [-0.15, -0.1) is 0 Å². The molecule has 1 fully saturated rings. The fourth-order valence-corrected chi connectivity index (χ4v) is 3.74. The molecular formula is C22H25BrN2O3. The SMILES string of the molecule is CCc1ccccc1OCC(=O)N1CCCN(C(=O)c2cccc(Br)c2)CC1. The molecule has 1 aliphatic rings. The van der Waals surface area contributed by atoms with Gasteiger partial charge in [0, 0.05) is 36.2 Å². The molecule has 3 rings (SSSR count). The first-order valence-corrected chi connectivity index (χ1v) is 10.4. The van der Waals surface area contributed by atoms with Gasteiger partial charge in [-0.3, -0.25) is 9.59 Å². The lowest BCUT2D eigenvalue weighted by Gasteiger charge is -2.22. The molecule has 2 aromatic carbocycles. The summed E-state index contributed by atoms with van der Waals surface area (Å²) in [4.78, 5) is 29.0. The number of carbonyl (C=O) groups excluding carboxylic acids is 2. The third-order valence-corrected chi connectivity index (χ3v) is 5.41. The summed E-state index contributed by atoms with van der Waals surface area (Å²) in [6, 6.07) is 15.2. The Hall–Kier alpha value is -2.34. The normalized spacial score (nSPS) is 14.5. The van der Waals surface area contributed by atoms with Crippen LogP contribution in [0.15, 0.2) is 53.0 Å². The standard InChI is InChI=1S/C22H25BrN2O3/c1-2-17-7-3-4-10-20(17)28-16-21(26)24-11-6-12-25(14-13-24)22(27)18-8-5-9-19(23)15-18/h3-5,7-10,15H,2,6,11-14,16H2,1H3. The average Bonchev–Trinajstić information content (AvgIpc) is 2.98. The van der Waals surface area contributed by atoms with Crippen molar-refractivity contribution in [2.75, 3.05) is 32.8 Å². The van der Waals surface area contributed by atoms with Crippen molar-refractivity contribution in [1.82, 2.24) is 9.80 Å². The molecule has 5 nitrogen and oxygen atoms in total. The third kappa shape index (κ3) is 5.13. The highest BCUT2D eigenvalue weighted by molar-refractivity contribution is 9.10. The predicted octanol–water partition coefficient (Wildman–Crippen LogP) is 3.77. The number of carbonyl (C=O) groups is 2. The summed E-state index contributed by atoms with van der Waals surface area (Å²) in [5, 5.41) is 0. The number of hydrogen-bond acceptors (Lipinski definition) is 3. The van der Waals surface area contributed by atoms with Gasteiger partial charge in [0.05, 0.1) is 0 Å². The molecule has 0 bridgehead atoms. The lowest BCUT2D eigenvalue weighted by molar-refractivity contribution is -0.133. The molecule has 6 heteroatoms. The molecule has 2 aromatic rings. The van der Waals surface area contributed by atoms with Crippen LogP contribution in [0.3, 0.4) is 0 Å². The van der Waals surface area contributed by atoms with Gasteiger partial charge in [0.25, 0.3) is 11.8 Å². The zero-order valence-corrected chi connectivity index (χ0v) is 17.7. The molecule has 0 aromatic heterocycles. The summed E-state index contributed by atoms with van der Waals surface area (Å²) in [5.41, 5.74) is 1.76. The third-order valence-electron chi connectivity index (χ3n) is 4.91. The Morgan fingerprint density at radius 2 is 1.75 bits per heavy atom. The molecule has 1 aliphatic heterocycles. The average molecular weight is 445 g/mol. The van der Waals surface area contributed by atoms with Crippen molar-refractivity contribution in [3.05, 3.63) is 64.1 Å². The first-order valence-electron chi connectivity index (χ1n) is 9.62. The first kappa shape index (κ1) is 20.4. The maximum absolute atomic E-state index is 12.7. The number of hydrogen-bond donors (Lipinski definition) is 0. The first-order chi connectivity index (χ1) is 13.6. The Bertz CT molecular complexity index is 840. The molecule has 0 saturated carbocycles. The van der Waals surface area contributed by atoms with Gasteiger partial charge in [0.1, 0.15) is 5.75 Å². The number of amides is 2. The number of para-hydroxylation sites is 1. The van der Waals surface area contributed by atoms with E-state index in [-0.39, 0.29) is 18.4 Å². The van der Waals surface area contributed by atoms with Gasteiger partial charge in [-0.2, -0.15) is 0 Å². The number of nitrogens with zero attached hydrogens (tertiary/aromatic N) is 2. The molecule has 2 amide bonds. The Balaban J connectivity index is 1.55. The summed E-state index contributed by atoms with van der Waals surface area (Å²) >= 11 is 3.41. The molecule has 1 saturated heterocycles. The minimum Gasteiger partial charge on any atom is -0.483 e. The topological polar surface area (TPSA) is 49.9 Å². The van der Waals surface area contributed by atoms with Crippen molar-refractivity contribution >= 4 is 27.7 Å². The van der Waals surface area contributed by atoms with E-state index in [0.717, 1.165) is 28.6 Å². The van der Waals surface area contributed by atoms with Crippen LogP contribution in [-0.2, 0) is 11.2 Å². The molecule has 0 N–H and O–H groups in total. The summed E-state index contributed by atoms with van der Waals surface area (Å²) in [5.74, 6) is 0.728. The molecule has 28 heavy (non-hydrogen) atoms. The van der Waals surface area contributed by atoms with E-state index in [1.807, 2.05) is 53.4 Å². The monoisotopic (exact) mass is 444 g/mol. The summed E-state index contributed by atoms with van der Waals surface area (Å²) in [7, 11) is 0. The number of benzene rings is 2. The number of rotatable bonds is 5. The highest BCUT2D eigenvalue weighted by Crippen LogP contribution is 2.19. The molecule has 148 valence electrons. The second-order valence-electron chi connectivity index (χ2n) is 6.79. The van der Waals surface area contributed by atoms with Crippen LogP contribution in [0, 0.1) is 0 Å². The van der Waals surface area contributed by atoms with E-state index >= 15 is 0 Å². The Kier molecular flexibility index (Phi) is 7.09. The minimum atomic E-state index is -0.0392. The van der Waals surface area contributed by atoms with Crippen molar-refractivity contribution in [2.24, 2.45) is 0 Å². The van der Waals surface area contributed by atoms with E-state index in [4.69, 9.17) is 4.74 Å². The van der Waals surface area contributed by atoms with E-state index in [1.165, 1.54) is 0 Å². The second-order valence-corrected chi connectivity index (χ2v) is 7.70. The van der Waals surface area contributed by atoms with Gasteiger partial charge >= 0.3 is 0 Å². The van der Waals surface area contributed by atoms with Crippen LogP contribution in [-0.4, -0.2) is 54.4 Å². The Labute approximate surface area is 174 Å². The number of ether oxygens (including phenoxy) is 1. The van der Waals surface area contributed by atoms with E-state index < -0.39 is 0 Å². The van der Waals surface area contributed by atoms with Crippen molar-refractivity contribution in [3.63, 3.8) is 0 Å². The highest BCUT2D eigenvalue weighted by atomic mass is 79.9. The van der Waals surface area contributed by atoms with Crippen molar-refractivity contribution in [3.8, 4) is 5.75 Å². The van der Waals surface area contributed by atoms with Crippen LogP contribution < -0.4 is 4.74 Å². The van der Waals surface area contributed by atoms with E-state index in [1.54, 1.807) is 4.90 Å². The van der Waals surface area contributed by atoms with Gasteiger partial charge in [-0.05, 0) is 42.7 Å².